The van der Waals surface area contributed by atoms with Crippen molar-refractivity contribution in [3.05, 3.63) is 51.7 Å². The molecule has 0 spiro atoms. The van der Waals surface area contributed by atoms with Gasteiger partial charge in [0.25, 0.3) is 5.56 Å². The standard InChI is InChI=1S/C14H14ClFN4O3S/c15-13-12(9-17-18-14(13)21)19-4-6-20(7-5-19)24(22,23)11-3-1-2-10(16)8-11/h1-3,8-9H,4-7H2,(H,18,21). The predicted molar refractivity (Wildman–Crippen MR) is 87.2 cm³/mol. The lowest BCUT2D eigenvalue weighted by Gasteiger charge is -2.35. The molecular formula is C14H14ClFN4O3S. The van der Waals surface area contributed by atoms with Gasteiger partial charge in [0.15, 0.2) is 0 Å². The van der Waals surface area contributed by atoms with Crippen molar-refractivity contribution < 1.29 is 12.8 Å². The first kappa shape index (κ1) is 16.9. The summed E-state index contributed by atoms with van der Waals surface area (Å²) in [6.07, 6.45) is 1.43. The number of hydrogen-bond acceptors (Lipinski definition) is 5. The van der Waals surface area contributed by atoms with Crippen molar-refractivity contribution in [3.63, 3.8) is 0 Å². The number of H-pyrrole nitrogens is 1. The molecule has 128 valence electrons. The molecular weight excluding hydrogens is 359 g/mol. The number of aromatic nitrogens is 2. The molecule has 2 heterocycles. The van der Waals surface area contributed by atoms with Crippen molar-refractivity contribution in [3.8, 4) is 0 Å². The Hall–Kier alpha value is -1.97. The molecule has 7 nitrogen and oxygen atoms in total. The van der Waals surface area contributed by atoms with E-state index in [9.17, 15) is 17.6 Å². The second-order valence-electron chi connectivity index (χ2n) is 5.25. The summed E-state index contributed by atoms with van der Waals surface area (Å²) < 4.78 is 39.7. The largest absolute Gasteiger partial charge is 0.366 e. The number of rotatable bonds is 3. The minimum Gasteiger partial charge on any atom is -0.366 e. The number of nitrogens with one attached hydrogen (secondary N) is 1. The summed E-state index contributed by atoms with van der Waals surface area (Å²) in [6.45, 7) is 1.09. The van der Waals surface area contributed by atoms with Crippen LogP contribution < -0.4 is 10.5 Å². The molecule has 0 unspecified atom stereocenters. The van der Waals surface area contributed by atoms with Crippen molar-refractivity contribution in [1.82, 2.24) is 14.5 Å². The van der Waals surface area contributed by atoms with Crippen LogP contribution in [0.15, 0.2) is 40.2 Å². The van der Waals surface area contributed by atoms with Crippen LogP contribution in [0.4, 0.5) is 10.1 Å². The third kappa shape index (κ3) is 3.14. The summed E-state index contributed by atoms with van der Waals surface area (Å²) in [6, 6.07) is 4.92. The Morgan fingerprint density at radius 1 is 1.21 bits per heavy atom. The van der Waals surface area contributed by atoms with E-state index in [1.807, 2.05) is 0 Å². The highest BCUT2D eigenvalue weighted by Gasteiger charge is 2.29. The first-order valence-electron chi connectivity index (χ1n) is 7.13. The highest BCUT2D eigenvalue weighted by atomic mass is 35.5. The van der Waals surface area contributed by atoms with Crippen LogP contribution in [0.5, 0.6) is 0 Å². The number of halogens is 2. The second kappa shape index (κ2) is 6.50. The fourth-order valence-electron chi connectivity index (χ4n) is 2.54. The van der Waals surface area contributed by atoms with E-state index < -0.39 is 21.4 Å². The Morgan fingerprint density at radius 3 is 2.58 bits per heavy atom. The first-order valence-corrected chi connectivity index (χ1v) is 8.95. The fourth-order valence-corrected chi connectivity index (χ4v) is 4.21. The van der Waals surface area contributed by atoms with Crippen LogP contribution in [0.2, 0.25) is 5.02 Å². The van der Waals surface area contributed by atoms with Gasteiger partial charge in [0.1, 0.15) is 10.8 Å². The van der Waals surface area contributed by atoms with Crippen LogP contribution in [0, 0.1) is 5.82 Å². The van der Waals surface area contributed by atoms with Crippen molar-refractivity contribution in [2.75, 3.05) is 31.1 Å². The zero-order valence-corrected chi connectivity index (χ0v) is 14.0. The van der Waals surface area contributed by atoms with Crippen molar-refractivity contribution in [2.24, 2.45) is 0 Å². The average molecular weight is 373 g/mol. The highest BCUT2D eigenvalue weighted by molar-refractivity contribution is 7.89. The number of sulfonamides is 1. The Labute approximate surface area is 142 Å². The van der Waals surface area contributed by atoms with Gasteiger partial charge in [-0.2, -0.15) is 9.40 Å². The third-order valence-corrected chi connectivity index (χ3v) is 6.05. The summed E-state index contributed by atoms with van der Waals surface area (Å²) >= 11 is 5.97. The third-order valence-electron chi connectivity index (χ3n) is 3.79. The zero-order chi connectivity index (χ0) is 17.3. The second-order valence-corrected chi connectivity index (χ2v) is 7.56. The van der Waals surface area contributed by atoms with Gasteiger partial charge in [-0.15, -0.1) is 0 Å². The maximum absolute atomic E-state index is 13.3. The number of aromatic amines is 1. The smallest absolute Gasteiger partial charge is 0.285 e. The summed E-state index contributed by atoms with van der Waals surface area (Å²) in [5.41, 5.74) is -0.0350. The maximum Gasteiger partial charge on any atom is 0.285 e. The summed E-state index contributed by atoms with van der Waals surface area (Å²) in [4.78, 5) is 13.2. The van der Waals surface area contributed by atoms with Gasteiger partial charge in [0.2, 0.25) is 10.0 Å². The molecule has 0 saturated carbocycles. The molecule has 0 radical (unpaired) electrons. The Balaban J connectivity index is 1.77. The van der Waals surface area contributed by atoms with Crippen LogP contribution in [-0.2, 0) is 10.0 Å². The van der Waals surface area contributed by atoms with E-state index in [0.717, 1.165) is 6.07 Å². The first-order chi connectivity index (χ1) is 11.4. The van der Waals surface area contributed by atoms with Gasteiger partial charge in [-0.05, 0) is 18.2 Å². The molecule has 2 aromatic rings. The van der Waals surface area contributed by atoms with E-state index in [1.54, 1.807) is 4.90 Å². The SMILES string of the molecule is O=c1[nH]ncc(N2CCN(S(=O)(=O)c3cccc(F)c3)CC2)c1Cl. The molecule has 1 fully saturated rings. The van der Waals surface area contributed by atoms with E-state index in [2.05, 4.69) is 10.2 Å². The van der Waals surface area contributed by atoms with Gasteiger partial charge in [0.05, 0.1) is 16.8 Å². The van der Waals surface area contributed by atoms with Crippen LogP contribution in [0.3, 0.4) is 0 Å². The minimum absolute atomic E-state index is 0.0198. The molecule has 1 aliphatic rings. The van der Waals surface area contributed by atoms with Gasteiger partial charge in [-0.1, -0.05) is 17.7 Å². The molecule has 1 aromatic heterocycles. The van der Waals surface area contributed by atoms with Crippen molar-refractivity contribution in [1.29, 1.82) is 0 Å². The average Bonchev–Trinajstić information content (AvgIpc) is 2.57. The molecule has 1 aromatic carbocycles. The Kier molecular flexibility index (Phi) is 4.57. The lowest BCUT2D eigenvalue weighted by Crippen LogP contribution is -2.49. The lowest BCUT2D eigenvalue weighted by molar-refractivity contribution is 0.384. The van der Waals surface area contributed by atoms with Gasteiger partial charge >= 0.3 is 0 Å². The molecule has 3 rings (SSSR count). The maximum atomic E-state index is 13.3. The minimum atomic E-state index is -3.76. The van der Waals surface area contributed by atoms with Crippen molar-refractivity contribution >= 4 is 27.3 Å². The van der Waals surface area contributed by atoms with Crippen molar-refractivity contribution in [2.45, 2.75) is 4.90 Å². The Morgan fingerprint density at radius 2 is 1.92 bits per heavy atom. The van der Waals surface area contributed by atoms with E-state index in [4.69, 9.17) is 11.6 Å². The molecule has 0 amide bonds. The van der Waals surface area contributed by atoms with Gasteiger partial charge < -0.3 is 4.90 Å². The van der Waals surface area contributed by atoms with Gasteiger partial charge in [-0.3, -0.25) is 4.79 Å². The molecule has 0 atom stereocenters. The molecule has 10 heteroatoms. The molecule has 0 aliphatic carbocycles. The molecule has 1 aliphatic heterocycles. The molecule has 0 bridgehead atoms. The summed E-state index contributed by atoms with van der Waals surface area (Å²) in [5.74, 6) is -0.601. The number of hydrogen-bond donors (Lipinski definition) is 1. The lowest BCUT2D eigenvalue weighted by atomic mass is 10.3. The van der Waals surface area contributed by atoms with Crippen LogP contribution in [0.25, 0.3) is 0 Å². The summed E-state index contributed by atoms with van der Waals surface area (Å²) in [5, 5.41) is 5.96. The number of piperazine rings is 1. The van der Waals surface area contributed by atoms with E-state index in [1.165, 1.54) is 28.7 Å². The molecule has 24 heavy (non-hydrogen) atoms. The van der Waals surface area contributed by atoms with Crippen LogP contribution >= 0.6 is 11.6 Å². The topological polar surface area (TPSA) is 86.4 Å². The van der Waals surface area contributed by atoms with Crippen LogP contribution in [-0.4, -0.2) is 49.1 Å². The van der Waals surface area contributed by atoms with E-state index >= 15 is 0 Å². The number of anilines is 1. The van der Waals surface area contributed by atoms with Gasteiger partial charge in [0, 0.05) is 26.2 Å². The highest BCUT2D eigenvalue weighted by Crippen LogP contribution is 2.24. The van der Waals surface area contributed by atoms with Gasteiger partial charge in [-0.25, -0.2) is 17.9 Å². The molecule has 1 N–H and O–H groups in total. The monoisotopic (exact) mass is 372 g/mol. The number of benzene rings is 1. The quantitative estimate of drug-likeness (QED) is 0.871. The van der Waals surface area contributed by atoms with Crippen LogP contribution in [0.1, 0.15) is 0 Å². The Bertz CT molecular complexity index is 910. The fraction of sp³-hybridized carbons (Fsp3) is 0.286. The normalized spacial score (nSPS) is 16.3. The number of nitrogens with zero attached hydrogens (tertiary/aromatic N) is 3. The molecule has 1 saturated heterocycles. The zero-order valence-electron chi connectivity index (χ0n) is 12.4. The summed E-state index contributed by atoms with van der Waals surface area (Å²) in [7, 11) is -3.76. The van der Waals surface area contributed by atoms with E-state index in [-0.39, 0.29) is 23.0 Å². The predicted octanol–water partition coefficient (Wildman–Crippen LogP) is 1.07. The van der Waals surface area contributed by atoms with E-state index in [0.29, 0.717) is 18.8 Å².